The number of carbonyl (C=O) groups excluding carboxylic acids is 3. The molecule has 0 aromatic heterocycles. The summed E-state index contributed by atoms with van der Waals surface area (Å²) in [5.41, 5.74) is 3.71. The molecule has 2 aliphatic rings. The molecule has 0 spiro atoms. The number of hydrogen-bond donors (Lipinski definition) is 1. The minimum atomic E-state index is -1.04. The summed E-state index contributed by atoms with van der Waals surface area (Å²) in [6.07, 6.45) is 2.20. The lowest BCUT2D eigenvalue weighted by Crippen LogP contribution is -2.47. The van der Waals surface area contributed by atoms with Gasteiger partial charge < -0.3 is 14.8 Å². The highest BCUT2D eigenvalue weighted by molar-refractivity contribution is 6.11. The van der Waals surface area contributed by atoms with Crippen LogP contribution >= 0.6 is 0 Å². The zero-order valence-corrected chi connectivity index (χ0v) is 16.1. The average Bonchev–Trinajstić information content (AvgIpc) is 3.19. The smallest absolute Gasteiger partial charge is 0.344 e. The summed E-state index contributed by atoms with van der Waals surface area (Å²) in [5, 5.41) is 2.72. The zero-order chi connectivity index (χ0) is 20.4. The molecule has 2 amide bonds. The van der Waals surface area contributed by atoms with Crippen molar-refractivity contribution in [2.24, 2.45) is 0 Å². The molecule has 1 N–H and O–H groups in total. The Morgan fingerprint density at radius 3 is 2.79 bits per heavy atom. The first-order valence-electron chi connectivity index (χ1n) is 9.65. The molecular formula is C22H22N2O5. The van der Waals surface area contributed by atoms with Crippen molar-refractivity contribution in [1.82, 2.24) is 0 Å². The maximum absolute atomic E-state index is 12.8. The van der Waals surface area contributed by atoms with Crippen molar-refractivity contribution >= 4 is 29.2 Å². The number of carbonyl (C=O) groups is 3. The van der Waals surface area contributed by atoms with Crippen molar-refractivity contribution in [2.45, 2.75) is 32.3 Å². The molecule has 4 rings (SSSR count). The van der Waals surface area contributed by atoms with Crippen LogP contribution in [0.15, 0.2) is 42.5 Å². The fourth-order valence-electron chi connectivity index (χ4n) is 3.71. The Bertz CT molecular complexity index is 971. The number of esters is 1. The van der Waals surface area contributed by atoms with Gasteiger partial charge in [0.2, 0.25) is 5.91 Å². The molecule has 1 aliphatic heterocycles. The third-order valence-electron chi connectivity index (χ3n) is 5.12. The molecule has 7 nitrogen and oxygen atoms in total. The topological polar surface area (TPSA) is 84.9 Å². The second-order valence-corrected chi connectivity index (χ2v) is 7.19. The van der Waals surface area contributed by atoms with Crippen LogP contribution in [0.1, 0.15) is 24.5 Å². The van der Waals surface area contributed by atoms with E-state index in [1.54, 1.807) is 24.3 Å². The van der Waals surface area contributed by atoms with Crippen LogP contribution in [0.25, 0.3) is 0 Å². The summed E-state index contributed by atoms with van der Waals surface area (Å²) in [6, 6.07) is 12.8. The van der Waals surface area contributed by atoms with Crippen molar-refractivity contribution in [1.29, 1.82) is 0 Å². The molecule has 2 aromatic rings. The summed E-state index contributed by atoms with van der Waals surface area (Å²) in [4.78, 5) is 38.2. The van der Waals surface area contributed by atoms with Gasteiger partial charge in [-0.1, -0.05) is 18.2 Å². The first-order valence-corrected chi connectivity index (χ1v) is 9.65. The largest absolute Gasteiger partial charge is 0.482 e. The van der Waals surface area contributed by atoms with Crippen molar-refractivity contribution in [3.8, 4) is 5.75 Å². The SMILES string of the molecule is C[C@H](OC(=O)COc1ccc2c(c1)CCC2)C(=O)N1CC(=O)Nc2ccccc21. The van der Waals surface area contributed by atoms with Gasteiger partial charge >= 0.3 is 5.97 Å². The number of ether oxygens (including phenoxy) is 2. The van der Waals surface area contributed by atoms with E-state index >= 15 is 0 Å². The average molecular weight is 394 g/mol. The van der Waals surface area contributed by atoms with Gasteiger partial charge in [0.15, 0.2) is 12.7 Å². The summed E-state index contributed by atoms with van der Waals surface area (Å²) in [6.45, 7) is 1.08. The number of nitrogens with zero attached hydrogens (tertiary/aromatic N) is 1. The number of rotatable bonds is 5. The first-order chi connectivity index (χ1) is 14.0. The molecule has 0 bridgehead atoms. The number of fused-ring (bicyclic) bond motifs is 2. The molecule has 29 heavy (non-hydrogen) atoms. The van der Waals surface area contributed by atoms with Gasteiger partial charge in [0.05, 0.1) is 11.4 Å². The van der Waals surface area contributed by atoms with E-state index < -0.39 is 18.0 Å². The second kappa shape index (κ2) is 7.95. The number of benzene rings is 2. The molecule has 0 fully saturated rings. The van der Waals surface area contributed by atoms with Gasteiger partial charge in [-0.25, -0.2) is 4.79 Å². The molecule has 2 aromatic carbocycles. The summed E-state index contributed by atoms with van der Waals surface area (Å²) >= 11 is 0. The van der Waals surface area contributed by atoms with E-state index in [-0.39, 0.29) is 19.1 Å². The lowest BCUT2D eigenvalue weighted by Gasteiger charge is -2.30. The van der Waals surface area contributed by atoms with Gasteiger partial charge in [-0.2, -0.15) is 0 Å². The van der Waals surface area contributed by atoms with E-state index in [9.17, 15) is 14.4 Å². The zero-order valence-electron chi connectivity index (χ0n) is 16.1. The maximum Gasteiger partial charge on any atom is 0.344 e. The van der Waals surface area contributed by atoms with E-state index in [0.29, 0.717) is 17.1 Å². The Labute approximate surface area is 168 Å². The third kappa shape index (κ3) is 4.08. The van der Waals surface area contributed by atoms with Crippen LogP contribution in [0.4, 0.5) is 11.4 Å². The Kier molecular flexibility index (Phi) is 5.20. The van der Waals surface area contributed by atoms with Gasteiger partial charge in [-0.15, -0.1) is 0 Å². The van der Waals surface area contributed by atoms with Gasteiger partial charge in [-0.3, -0.25) is 14.5 Å². The van der Waals surface area contributed by atoms with Crippen molar-refractivity contribution in [3.63, 3.8) is 0 Å². The quantitative estimate of drug-likeness (QED) is 0.788. The highest BCUT2D eigenvalue weighted by atomic mass is 16.6. The lowest BCUT2D eigenvalue weighted by molar-refractivity contribution is -0.155. The van der Waals surface area contributed by atoms with Crippen LogP contribution in [-0.4, -0.2) is 37.0 Å². The van der Waals surface area contributed by atoms with Gasteiger partial charge in [0, 0.05) is 0 Å². The van der Waals surface area contributed by atoms with Crippen LogP contribution in [-0.2, 0) is 32.0 Å². The Hall–Kier alpha value is -3.35. The first kappa shape index (κ1) is 19.0. The standard InChI is InChI=1S/C22H22N2O5/c1-14(22(27)24-12-20(25)23-18-7-2-3-8-19(18)24)29-21(26)13-28-17-10-9-15-5-4-6-16(15)11-17/h2-3,7-11,14H,4-6,12-13H2,1H3,(H,23,25)/t14-/m0/s1. The molecule has 1 heterocycles. The Morgan fingerprint density at radius 2 is 1.93 bits per heavy atom. The molecule has 0 radical (unpaired) electrons. The molecule has 0 unspecified atom stereocenters. The number of aryl methyl sites for hydroxylation is 2. The predicted octanol–water partition coefficient (Wildman–Crippen LogP) is 2.47. The Balaban J connectivity index is 1.35. The summed E-state index contributed by atoms with van der Waals surface area (Å²) in [7, 11) is 0. The summed E-state index contributed by atoms with van der Waals surface area (Å²) in [5.74, 6) is -0.780. The van der Waals surface area contributed by atoms with Crippen molar-refractivity contribution < 1.29 is 23.9 Å². The minimum absolute atomic E-state index is 0.122. The van der Waals surface area contributed by atoms with E-state index in [2.05, 4.69) is 5.32 Å². The number of nitrogens with one attached hydrogen (secondary N) is 1. The second-order valence-electron chi connectivity index (χ2n) is 7.19. The third-order valence-corrected chi connectivity index (χ3v) is 5.12. The minimum Gasteiger partial charge on any atom is -0.482 e. The predicted molar refractivity (Wildman–Crippen MR) is 107 cm³/mol. The molecule has 0 saturated heterocycles. The van der Waals surface area contributed by atoms with Gasteiger partial charge in [0.1, 0.15) is 12.3 Å². The normalized spacial score (nSPS) is 15.8. The van der Waals surface area contributed by atoms with E-state index in [4.69, 9.17) is 9.47 Å². The number of para-hydroxylation sites is 2. The number of hydrogen-bond acceptors (Lipinski definition) is 5. The van der Waals surface area contributed by atoms with Crippen LogP contribution in [0, 0.1) is 0 Å². The molecule has 1 aliphatic carbocycles. The van der Waals surface area contributed by atoms with Crippen LogP contribution in [0.5, 0.6) is 5.75 Å². The number of anilines is 2. The van der Waals surface area contributed by atoms with E-state index in [1.807, 2.05) is 18.2 Å². The molecule has 0 saturated carbocycles. The van der Waals surface area contributed by atoms with Crippen molar-refractivity contribution in [3.05, 3.63) is 53.6 Å². The van der Waals surface area contributed by atoms with Gasteiger partial charge in [0.25, 0.3) is 5.91 Å². The maximum atomic E-state index is 12.8. The van der Waals surface area contributed by atoms with Crippen molar-refractivity contribution in [2.75, 3.05) is 23.4 Å². The highest BCUT2D eigenvalue weighted by Crippen LogP contribution is 2.29. The van der Waals surface area contributed by atoms with Crippen LogP contribution < -0.4 is 15.0 Å². The fourth-order valence-corrected chi connectivity index (χ4v) is 3.71. The summed E-state index contributed by atoms with van der Waals surface area (Å²) < 4.78 is 10.8. The molecule has 7 heteroatoms. The molecule has 150 valence electrons. The van der Waals surface area contributed by atoms with Crippen LogP contribution in [0.3, 0.4) is 0 Å². The monoisotopic (exact) mass is 394 g/mol. The number of amides is 2. The van der Waals surface area contributed by atoms with Crippen LogP contribution in [0.2, 0.25) is 0 Å². The van der Waals surface area contributed by atoms with E-state index in [0.717, 1.165) is 19.3 Å². The lowest BCUT2D eigenvalue weighted by atomic mass is 10.1. The fraction of sp³-hybridized carbons (Fsp3) is 0.318. The molecular weight excluding hydrogens is 372 g/mol. The molecule has 1 atom stereocenters. The highest BCUT2D eigenvalue weighted by Gasteiger charge is 2.31. The van der Waals surface area contributed by atoms with E-state index in [1.165, 1.54) is 23.0 Å². The Morgan fingerprint density at radius 1 is 1.14 bits per heavy atom. The van der Waals surface area contributed by atoms with Gasteiger partial charge in [-0.05, 0) is 61.6 Å².